The summed E-state index contributed by atoms with van der Waals surface area (Å²) in [5, 5.41) is 0. The maximum atomic E-state index is 13.9. The molecule has 0 atom stereocenters. The number of hydrogen-bond acceptors (Lipinski definition) is 5. The highest BCUT2D eigenvalue weighted by Crippen LogP contribution is 2.33. The minimum atomic E-state index is -3.81. The Balaban J connectivity index is 1.69. The first-order valence-corrected chi connectivity index (χ1v) is 9.29. The SMILES string of the molecule is CC(=O)N(CCNS(=O)(=O)c1ccc2c(c1)OCO2)c1ccccc1F. The third kappa shape index (κ3) is 3.78. The van der Waals surface area contributed by atoms with Crippen LogP contribution in [0.5, 0.6) is 11.5 Å². The first-order valence-electron chi connectivity index (χ1n) is 7.80. The van der Waals surface area contributed by atoms with Gasteiger partial charge in [0.25, 0.3) is 0 Å². The molecule has 0 fully saturated rings. The summed E-state index contributed by atoms with van der Waals surface area (Å²) in [7, 11) is -3.81. The molecule has 0 bridgehead atoms. The van der Waals surface area contributed by atoms with E-state index in [1.165, 1.54) is 48.2 Å². The van der Waals surface area contributed by atoms with Gasteiger partial charge in [-0.05, 0) is 24.3 Å². The monoisotopic (exact) mass is 380 g/mol. The molecule has 0 spiro atoms. The fourth-order valence-corrected chi connectivity index (χ4v) is 3.57. The Morgan fingerprint density at radius 3 is 2.65 bits per heavy atom. The zero-order valence-electron chi connectivity index (χ0n) is 13.9. The van der Waals surface area contributed by atoms with Gasteiger partial charge in [-0.3, -0.25) is 4.79 Å². The van der Waals surface area contributed by atoms with Crippen molar-refractivity contribution in [2.24, 2.45) is 0 Å². The van der Waals surface area contributed by atoms with Crippen LogP contribution >= 0.6 is 0 Å². The molecule has 0 aliphatic carbocycles. The van der Waals surface area contributed by atoms with E-state index in [2.05, 4.69) is 4.72 Å². The minimum absolute atomic E-state index is 0.0138. The van der Waals surface area contributed by atoms with Crippen molar-refractivity contribution in [3.05, 3.63) is 48.3 Å². The molecule has 1 amide bonds. The van der Waals surface area contributed by atoms with E-state index < -0.39 is 21.7 Å². The molecular weight excluding hydrogens is 363 g/mol. The number of ether oxygens (including phenoxy) is 2. The number of hydrogen-bond donors (Lipinski definition) is 1. The molecule has 7 nitrogen and oxygen atoms in total. The van der Waals surface area contributed by atoms with E-state index in [4.69, 9.17) is 9.47 Å². The second-order valence-electron chi connectivity index (χ2n) is 5.53. The molecule has 2 aromatic rings. The molecule has 0 radical (unpaired) electrons. The predicted molar refractivity (Wildman–Crippen MR) is 92.2 cm³/mol. The maximum absolute atomic E-state index is 13.9. The highest BCUT2D eigenvalue weighted by Gasteiger charge is 2.21. The average Bonchev–Trinajstić information content (AvgIpc) is 3.07. The van der Waals surface area contributed by atoms with Gasteiger partial charge in [0.15, 0.2) is 11.5 Å². The van der Waals surface area contributed by atoms with Crippen LogP contribution in [0.3, 0.4) is 0 Å². The zero-order valence-corrected chi connectivity index (χ0v) is 14.8. The fourth-order valence-electron chi connectivity index (χ4n) is 2.54. The lowest BCUT2D eigenvalue weighted by Crippen LogP contribution is -2.38. The van der Waals surface area contributed by atoms with Gasteiger partial charge >= 0.3 is 0 Å². The van der Waals surface area contributed by atoms with Crippen LogP contribution in [0.25, 0.3) is 0 Å². The molecule has 2 aromatic carbocycles. The van der Waals surface area contributed by atoms with E-state index >= 15 is 0 Å². The Labute approximate surface area is 150 Å². The van der Waals surface area contributed by atoms with Crippen LogP contribution in [0.4, 0.5) is 10.1 Å². The first-order chi connectivity index (χ1) is 12.4. The van der Waals surface area contributed by atoms with Gasteiger partial charge in [-0.1, -0.05) is 12.1 Å². The zero-order chi connectivity index (χ0) is 18.7. The van der Waals surface area contributed by atoms with Crippen LogP contribution in [-0.4, -0.2) is 34.2 Å². The van der Waals surface area contributed by atoms with Crippen LogP contribution in [0.1, 0.15) is 6.92 Å². The summed E-state index contributed by atoms with van der Waals surface area (Å²) in [5.74, 6) is -0.116. The number of fused-ring (bicyclic) bond motifs is 1. The number of anilines is 1. The van der Waals surface area contributed by atoms with Crippen molar-refractivity contribution >= 4 is 21.6 Å². The Morgan fingerprint density at radius 2 is 1.92 bits per heavy atom. The number of para-hydroxylation sites is 1. The second-order valence-corrected chi connectivity index (χ2v) is 7.30. The standard InChI is InChI=1S/C17H17FN2O5S/c1-12(21)20(15-5-3-2-4-14(15)18)9-8-19-26(22,23)13-6-7-16-17(10-13)25-11-24-16/h2-7,10,19H,8-9,11H2,1H3. The molecule has 1 aliphatic heterocycles. The Morgan fingerprint density at radius 1 is 1.19 bits per heavy atom. The molecule has 138 valence electrons. The van der Waals surface area contributed by atoms with E-state index in [1.54, 1.807) is 6.07 Å². The summed E-state index contributed by atoms with van der Waals surface area (Å²) < 4.78 is 51.4. The molecule has 0 saturated heterocycles. The third-order valence-corrected chi connectivity index (χ3v) is 5.26. The lowest BCUT2D eigenvalue weighted by atomic mass is 10.2. The van der Waals surface area contributed by atoms with Crippen LogP contribution in [-0.2, 0) is 14.8 Å². The van der Waals surface area contributed by atoms with Gasteiger partial charge in [0, 0.05) is 26.1 Å². The van der Waals surface area contributed by atoms with Gasteiger partial charge in [-0.25, -0.2) is 17.5 Å². The highest BCUT2D eigenvalue weighted by atomic mass is 32.2. The van der Waals surface area contributed by atoms with Gasteiger partial charge < -0.3 is 14.4 Å². The van der Waals surface area contributed by atoms with Crippen LogP contribution in [0.2, 0.25) is 0 Å². The highest BCUT2D eigenvalue weighted by molar-refractivity contribution is 7.89. The molecule has 1 heterocycles. The molecule has 1 aliphatic rings. The number of nitrogens with one attached hydrogen (secondary N) is 1. The number of nitrogens with zero attached hydrogens (tertiary/aromatic N) is 1. The molecule has 9 heteroatoms. The van der Waals surface area contributed by atoms with Crippen molar-refractivity contribution in [2.75, 3.05) is 24.8 Å². The number of amides is 1. The number of sulfonamides is 1. The normalized spacial score (nSPS) is 12.8. The number of rotatable bonds is 6. The topological polar surface area (TPSA) is 84.9 Å². The van der Waals surface area contributed by atoms with Crippen LogP contribution in [0, 0.1) is 5.82 Å². The number of carbonyl (C=O) groups is 1. The quantitative estimate of drug-likeness (QED) is 0.827. The van der Waals surface area contributed by atoms with Crippen molar-refractivity contribution in [2.45, 2.75) is 11.8 Å². The van der Waals surface area contributed by atoms with Crippen molar-refractivity contribution in [1.29, 1.82) is 0 Å². The second kappa shape index (κ2) is 7.30. The van der Waals surface area contributed by atoms with Crippen molar-refractivity contribution in [1.82, 2.24) is 4.72 Å². The van der Waals surface area contributed by atoms with Crippen molar-refractivity contribution in [3.63, 3.8) is 0 Å². The lowest BCUT2D eigenvalue weighted by molar-refractivity contribution is -0.116. The molecule has 3 rings (SSSR count). The van der Waals surface area contributed by atoms with Crippen LogP contribution in [0.15, 0.2) is 47.4 Å². The third-order valence-electron chi connectivity index (χ3n) is 3.81. The predicted octanol–water partition coefficient (Wildman–Crippen LogP) is 1.89. The summed E-state index contributed by atoms with van der Waals surface area (Å²) in [6.07, 6.45) is 0. The Hall–Kier alpha value is -2.65. The lowest BCUT2D eigenvalue weighted by Gasteiger charge is -2.21. The molecule has 0 unspecified atom stereocenters. The van der Waals surface area contributed by atoms with E-state index in [-0.39, 0.29) is 30.5 Å². The van der Waals surface area contributed by atoms with Gasteiger partial charge in [-0.2, -0.15) is 0 Å². The maximum Gasteiger partial charge on any atom is 0.240 e. The van der Waals surface area contributed by atoms with Gasteiger partial charge in [-0.15, -0.1) is 0 Å². The van der Waals surface area contributed by atoms with E-state index in [0.29, 0.717) is 11.5 Å². The molecule has 1 N–H and O–H groups in total. The van der Waals surface area contributed by atoms with Gasteiger partial charge in [0.05, 0.1) is 10.6 Å². The van der Waals surface area contributed by atoms with Crippen molar-refractivity contribution in [3.8, 4) is 11.5 Å². The largest absolute Gasteiger partial charge is 0.454 e. The fraction of sp³-hybridized carbons (Fsp3) is 0.235. The molecule has 26 heavy (non-hydrogen) atoms. The van der Waals surface area contributed by atoms with Crippen molar-refractivity contribution < 1.29 is 27.1 Å². The van der Waals surface area contributed by atoms with Crippen LogP contribution < -0.4 is 19.1 Å². The minimum Gasteiger partial charge on any atom is -0.454 e. The van der Waals surface area contributed by atoms with Gasteiger partial charge in [0.1, 0.15) is 5.82 Å². The summed E-state index contributed by atoms with van der Waals surface area (Å²) >= 11 is 0. The number of halogens is 1. The average molecular weight is 380 g/mol. The molecular formula is C17H17FN2O5S. The summed E-state index contributed by atoms with van der Waals surface area (Å²) in [6.45, 7) is 1.24. The van der Waals surface area contributed by atoms with Gasteiger partial charge in [0.2, 0.25) is 22.7 Å². The van der Waals surface area contributed by atoms with E-state index in [0.717, 1.165) is 0 Å². The summed E-state index contributed by atoms with van der Waals surface area (Å²) in [6, 6.07) is 10.1. The Kier molecular flexibility index (Phi) is 5.10. The summed E-state index contributed by atoms with van der Waals surface area (Å²) in [5.41, 5.74) is 0.0993. The molecule has 0 aromatic heterocycles. The smallest absolute Gasteiger partial charge is 0.240 e. The Bertz CT molecular complexity index is 933. The number of carbonyl (C=O) groups excluding carboxylic acids is 1. The number of benzene rings is 2. The van der Waals surface area contributed by atoms with E-state index in [9.17, 15) is 17.6 Å². The summed E-state index contributed by atoms with van der Waals surface area (Å²) in [4.78, 5) is 13.0. The molecule has 0 saturated carbocycles. The first kappa shape index (κ1) is 18.2. The van der Waals surface area contributed by atoms with E-state index in [1.807, 2.05) is 0 Å².